The molecule has 2 aromatic carbocycles. The first-order valence-corrected chi connectivity index (χ1v) is 14.6. The molecule has 2 aliphatic rings. The number of aromatic nitrogens is 3. The van der Waals surface area contributed by atoms with Crippen molar-refractivity contribution >= 4 is 23.4 Å². The van der Waals surface area contributed by atoms with Crippen LogP contribution in [0, 0.1) is 5.82 Å². The van der Waals surface area contributed by atoms with Crippen molar-refractivity contribution in [3.63, 3.8) is 0 Å². The number of amides is 1. The number of fused-ring (bicyclic) bond motifs is 2. The number of hydrogen-bond donors (Lipinski definition) is 1. The van der Waals surface area contributed by atoms with E-state index in [1.54, 1.807) is 50.0 Å². The highest BCUT2D eigenvalue weighted by atomic mass is 35.5. The van der Waals surface area contributed by atoms with Gasteiger partial charge in [0.05, 0.1) is 34.7 Å². The zero-order chi connectivity index (χ0) is 30.6. The van der Waals surface area contributed by atoms with Crippen molar-refractivity contribution in [1.29, 1.82) is 0 Å². The molecule has 2 atom stereocenters. The summed E-state index contributed by atoms with van der Waals surface area (Å²) in [4.78, 5) is 33.8. The van der Waals surface area contributed by atoms with E-state index in [4.69, 9.17) is 16.3 Å². The first-order chi connectivity index (χ1) is 20.4. The smallest absolute Gasteiger partial charge is 0.410 e. The fourth-order valence-electron chi connectivity index (χ4n) is 6.03. The maximum Gasteiger partial charge on any atom is 0.410 e. The van der Waals surface area contributed by atoms with Crippen molar-refractivity contribution in [2.45, 2.75) is 51.3 Å². The number of phenolic OH excluding ortho intramolecular Hbond substituents is 1. The molecule has 2 bridgehead atoms. The summed E-state index contributed by atoms with van der Waals surface area (Å²) in [5, 5.41) is 11.6. The molecule has 2 saturated heterocycles. The molecular weight excluding hydrogens is 573 g/mol. The second-order valence-corrected chi connectivity index (χ2v) is 12.6. The monoisotopic (exact) mass is 605 g/mol. The van der Waals surface area contributed by atoms with Gasteiger partial charge in [0.25, 0.3) is 0 Å². The molecule has 2 fully saturated rings. The van der Waals surface area contributed by atoms with Gasteiger partial charge < -0.3 is 19.3 Å². The number of piperazine rings is 1. The SMILES string of the molecule is Cn1ccn(-c2ccc(-c3cc(F)cc(-c4cncc(N5CC6CCC(C5)N6C(=O)OC(C)(C)C)c4)c3O)cc2Cl)c1=O. The molecule has 1 amide bonds. The second-order valence-electron chi connectivity index (χ2n) is 12.2. The fraction of sp³-hybridized carbons (Fsp3) is 0.344. The van der Waals surface area contributed by atoms with E-state index in [0.29, 0.717) is 35.5 Å². The summed E-state index contributed by atoms with van der Waals surface area (Å²) in [6, 6.07) is 9.41. The van der Waals surface area contributed by atoms with Gasteiger partial charge in [0.15, 0.2) is 0 Å². The Kier molecular flexibility index (Phi) is 7.20. The molecule has 0 spiro atoms. The quantitative estimate of drug-likeness (QED) is 0.307. The average Bonchev–Trinajstić information content (AvgIpc) is 3.42. The number of rotatable bonds is 4. The lowest BCUT2D eigenvalue weighted by atomic mass is 9.97. The number of carbonyl (C=O) groups is 1. The minimum absolute atomic E-state index is 0.0193. The molecule has 1 N–H and O–H groups in total. The van der Waals surface area contributed by atoms with E-state index >= 15 is 4.39 Å². The number of imidazole rings is 1. The fourth-order valence-corrected chi connectivity index (χ4v) is 6.30. The number of benzene rings is 2. The molecule has 2 unspecified atom stereocenters. The van der Waals surface area contributed by atoms with E-state index in [2.05, 4.69) is 9.88 Å². The molecule has 43 heavy (non-hydrogen) atoms. The Morgan fingerprint density at radius 2 is 1.70 bits per heavy atom. The molecule has 2 aromatic heterocycles. The number of ether oxygens (including phenoxy) is 1. The van der Waals surface area contributed by atoms with Crippen LogP contribution in [-0.2, 0) is 11.8 Å². The van der Waals surface area contributed by atoms with E-state index in [0.717, 1.165) is 18.5 Å². The predicted octanol–water partition coefficient (Wildman–Crippen LogP) is 5.99. The minimum Gasteiger partial charge on any atom is -0.507 e. The molecule has 0 aliphatic carbocycles. The van der Waals surface area contributed by atoms with Gasteiger partial charge in [-0.25, -0.2) is 14.0 Å². The van der Waals surface area contributed by atoms with Gasteiger partial charge >= 0.3 is 11.8 Å². The third-order valence-electron chi connectivity index (χ3n) is 8.03. The number of carbonyl (C=O) groups excluding carboxylic acids is 1. The Morgan fingerprint density at radius 1 is 1.02 bits per heavy atom. The summed E-state index contributed by atoms with van der Waals surface area (Å²) >= 11 is 6.55. The van der Waals surface area contributed by atoms with Crippen LogP contribution in [-0.4, -0.2) is 61.0 Å². The summed E-state index contributed by atoms with van der Waals surface area (Å²) in [5.74, 6) is -0.646. The van der Waals surface area contributed by atoms with Crippen molar-refractivity contribution in [3.05, 3.63) is 82.5 Å². The number of aryl methyl sites for hydroxylation is 1. The zero-order valence-corrected chi connectivity index (χ0v) is 25.2. The van der Waals surface area contributed by atoms with E-state index in [1.165, 1.54) is 21.3 Å². The molecule has 4 heterocycles. The van der Waals surface area contributed by atoms with Gasteiger partial charge in [-0.1, -0.05) is 17.7 Å². The standard InChI is InChI=1S/C32H33ClFN5O4/c1-32(2,3)43-31(42)39-22-6-7-23(39)18-37(17-22)24-11-20(15-35-16-24)26-14-21(34)13-25(29(26)40)19-5-8-28(27(33)12-19)38-10-9-36(4)30(38)41/h5,8-16,22-23,40H,6-7,17-18H2,1-4H3. The second kappa shape index (κ2) is 10.8. The number of hydrogen-bond acceptors (Lipinski definition) is 6. The van der Waals surface area contributed by atoms with Crippen LogP contribution in [0.2, 0.25) is 5.02 Å². The van der Waals surface area contributed by atoms with Crippen molar-refractivity contribution in [2.75, 3.05) is 18.0 Å². The molecule has 2 aliphatic heterocycles. The highest BCUT2D eigenvalue weighted by Gasteiger charge is 2.44. The summed E-state index contributed by atoms with van der Waals surface area (Å²) in [6.45, 7) is 6.84. The third-order valence-corrected chi connectivity index (χ3v) is 8.33. The summed E-state index contributed by atoms with van der Waals surface area (Å²) in [7, 11) is 1.64. The maximum absolute atomic E-state index is 15.0. The largest absolute Gasteiger partial charge is 0.507 e. The summed E-state index contributed by atoms with van der Waals surface area (Å²) in [5.41, 5.74) is 2.08. The Balaban J connectivity index is 1.28. The van der Waals surface area contributed by atoms with Crippen LogP contribution in [0.25, 0.3) is 27.9 Å². The zero-order valence-electron chi connectivity index (χ0n) is 24.4. The Morgan fingerprint density at radius 3 is 2.30 bits per heavy atom. The number of pyridine rings is 1. The van der Waals surface area contributed by atoms with E-state index in [9.17, 15) is 14.7 Å². The van der Waals surface area contributed by atoms with E-state index in [1.807, 2.05) is 31.7 Å². The van der Waals surface area contributed by atoms with Crippen LogP contribution in [0.4, 0.5) is 14.9 Å². The van der Waals surface area contributed by atoms with Gasteiger partial charge in [0, 0.05) is 55.4 Å². The van der Waals surface area contributed by atoms with E-state index in [-0.39, 0.29) is 40.2 Å². The Labute approximate surface area is 253 Å². The lowest BCUT2D eigenvalue weighted by Gasteiger charge is -2.42. The molecule has 4 aromatic rings. The van der Waals surface area contributed by atoms with Gasteiger partial charge in [-0.05, 0) is 69.5 Å². The first-order valence-electron chi connectivity index (χ1n) is 14.2. The van der Waals surface area contributed by atoms with Gasteiger partial charge in [0.2, 0.25) is 0 Å². The van der Waals surface area contributed by atoms with Crippen LogP contribution < -0.4 is 10.6 Å². The van der Waals surface area contributed by atoms with Crippen molar-refractivity contribution < 1.29 is 19.0 Å². The maximum atomic E-state index is 15.0. The van der Waals surface area contributed by atoms with Crippen LogP contribution >= 0.6 is 11.6 Å². The lowest BCUT2D eigenvalue weighted by Crippen LogP contribution is -2.56. The van der Waals surface area contributed by atoms with Gasteiger partial charge in [-0.3, -0.25) is 14.5 Å². The molecular formula is C32H33ClFN5O4. The first kappa shape index (κ1) is 28.8. The number of nitrogens with zero attached hydrogens (tertiary/aromatic N) is 5. The van der Waals surface area contributed by atoms with Crippen molar-refractivity contribution in [3.8, 4) is 33.7 Å². The van der Waals surface area contributed by atoms with Crippen LogP contribution in [0.5, 0.6) is 5.75 Å². The van der Waals surface area contributed by atoms with Crippen LogP contribution in [0.3, 0.4) is 0 Å². The van der Waals surface area contributed by atoms with Crippen molar-refractivity contribution in [2.24, 2.45) is 7.05 Å². The van der Waals surface area contributed by atoms with Crippen LogP contribution in [0.1, 0.15) is 33.6 Å². The van der Waals surface area contributed by atoms with Gasteiger partial charge in [-0.15, -0.1) is 0 Å². The number of halogens is 2. The Hall–Kier alpha value is -4.31. The highest BCUT2D eigenvalue weighted by molar-refractivity contribution is 6.32. The predicted molar refractivity (Wildman–Crippen MR) is 163 cm³/mol. The lowest BCUT2D eigenvalue weighted by molar-refractivity contribution is 0.0123. The third kappa shape index (κ3) is 5.47. The van der Waals surface area contributed by atoms with Gasteiger partial charge in [0.1, 0.15) is 17.2 Å². The summed E-state index contributed by atoms with van der Waals surface area (Å²) in [6.07, 6.45) is 8.07. The van der Waals surface area contributed by atoms with E-state index < -0.39 is 11.4 Å². The van der Waals surface area contributed by atoms with Crippen LogP contribution in [0.15, 0.2) is 66.0 Å². The molecule has 9 nitrogen and oxygen atoms in total. The summed E-state index contributed by atoms with van der Waals surface area (Å²) < 4.78 is 23.5. The molecule has 0 radical (unpaired) electrons. The molecule has 11 heteroatoms. The number of anilines is 1. The van der Waals surface area contributed by atoms with Gasteiger partial charge in [-0.2, -0.15) is 0 Å². The minimum atomic E-state index is -0.563. The topological polar surface area (TPSA) is 92.8 Å². The normalized spacial score (nSPS) is 18.3. The number of phenols is 1. The average molecular weight is 606 g/mol. The molecule has 6 rings (SSSR count). The van der Waals surface area contributed by atoms with Crippen molar-refractivity contribution in [1.82, 2.24) is 19.0 Å². The number of aromatic hydroxyl groups is 1. The molecule has 0 saturated carbocycles. The highest BCUT2D eigenvalue weighted by Crippen LogP contribution is 2.41. The Bertz CT molecular complexity index is 1760. The molecule has 224 valence electrons.